The van der Waals surface area contributed by atoms with Gasteiger partial charge in [-0.05, 0) is 92.0 Å². The van der Waals surface area contributed by atoms with E-state index in [9.17, 15) is 14.0 Å². The fraction of sp³-hybridized carbons (Fsp3) is 0.435. The molecule has 0 bridgehead atoms. The van der Waals surface area contributed by atoms with Crippen LogP contribution in [0.2, 0.25) is 0 Å². The van der Waals surface area contributed by atoms with Crippen molar-refractivity contribution in [3.8, 4) is 5.75 Å². The number of rotatable bonds is 19. The number of carbonyl (C=O) groups is 2. The van der Waals surface area contributed by atoms with Gasteiger partial charge >= 0.3 is 0 Å². The van der Waals surface area contributed by atoms with Gasteiger partial charge < -0.3 is 15.9 Å². The molecule has 2 aromatic carbocycles. The monoisotopic (exact) mass is 763 g/mol. The third-order valence-corrected chi connectivity index (χ3v) is 11.5. The van der Waals surface area contributed by atoms with Gasteiger partial charge in [0, 0.05) is 59.1 Å². The molecule has 2 aliphatic heterocycles. The fourth-order valence-electron chi connectivity index (χ4n) is 8.12. The first-order valence-electron chi connectivity index (χ1n) is 19.8. The number of ether oxygens (including phenoxy) is 1. The molecule has 56 heavy (non-hydrogen) atoms. The molecule has 5 rings (SSSR count). The molecule has 1 fully saturated rings. The molecule has 0 radical (unpaired) electrons. The van der Waals surface area contributed by atoms with Gasteiger partial charge in [0.2, 0.25) is 5.82 Å². The molecule has 4 unspecified atom stereocenters. The summed E-state index contributed by atoms with van der Waals surface area (Å²) in [6.07, 6.45) is 15.6. The standard InChI is InChI=1S/C46H55F2N5O3/c1-6-27(3)22-33(49)12-9-13-38(50)40(55)24-30-11-8-10-29(23-30)14-18-39(54)35-16-15-32(25-31(35)7-2)44(51)46-45-34(20-21-52-46)28(4)37(26-53-45)36-17-19-41(56-5)43(48)42(36)47/h6,15-17,19-21,25-27,29-30,34,38,49,51H,1,4,7-14,18,22-24,50H2,2-3,5H3/t27?,29?,30?,34?,38-/m0/s1. The molecule has 0 saturated heterocycles. The molecule has 296 valence electrons. The van der Waals surface area contributed by atoms with E-state index in [1.807, 2.05) is 26.0 Å². The minimum absolute atomic E-state index is 0.0188. The van der Waals surface area contributed by atoms with E-state index < -0.39 is 23.6 Å². The number of aliphatic imine (C=N–C) groups is 2. The summed E-state index contributed by atoms with van der Waals surface area (Å²) >= 11 is 0. The number of hydrogen-bond donors (Lipinski definition) is 3. The zero-order valence-corrected chi connectivity index (χ0v) is 32.9. The number of ketones is 2. The van der Waals surface area contributed by atoms with Crippen molar-refractivity contribution in [2.24, 2.45) is 39.4 Å². The Balaban J connectivity index is 1.18. The molecule has 2 heterocycles. The van der Waals surface area contributed by atoms with Gasteiger partial charge in [0.05, 0.1) is 24.6 Å². The number of nitrogens with zero attached hydrogens (tertiary/aromatic N) is 2. The first kappa shape index (κ1) is 42.2. The highest BCUT2D eigenvalue weighted by Crippen LogP contribution is 2.38. The summed E-state index contributed by atoms with van der Waals surface area (Å²) in [6.45, 7) is 12.0. The number of halogens is 2. The SMILES string of the molecule is C=CC(C)CC(=N)CCC[C@H](N)C(=O)CC1CCCC(CCC(=O)c2ccc(C(=N)C3=NC=CC4C(=C)C(c5ccc(OC)c(F)c5F)=CN=C34)cc2CC)C1. The normalized spacial score (nSPS) is 20.2. The van der Waals surface area contributed by atoms with E-state index in [1.54, 1.807) is 24.4 Å². The molecular formula is C46H55F2N5O3. The Kier molecular flexibility index (Phi) is 14.5. The number of carbonyl (C=O) groups excluding carboxylic acids is 2. The Labute approximate surface area is 329 Å². The van der Waals surface area contributed by atoms with Crippen molar-refractivity contribution in [3.05, 3.63) is 108 Å². The molecule has 0 spiro atoms. The number of benzene rings is 2. The van der Waals surface area contributed by atoms with Crippen molar-refractivity contribution in [2.45, 2.75) is 96.9 Å². The summed E-state index contributed by atoms with van der Waals surface area (Å²) in [4.78, 5) is 35.7. The summed E-state index contributed by atoms with van der Waals surface area (Å²) in [5.74, 6) is -1.73. The van der Waals surface area contributed by atoms with E-state index in [1.165, 1.54) is 25.4 Å². The molecule has 10 heteroatoms. The third-order valence-electron chi connectivity index (χ3n) is 11.5. The Morgan fingerprint density at radius 1 is 1.09 bits per heavy atom. The van der Waals surface area contributed by atoms with Crippen molar-refractivity contribution in [3.63, 3.8) is 0 Å². The average Bonchev–Trinajstić information content (AvgIpc) is 3.20. The minimum Gasteiger partial charge on any atom is -0.494 e. The second-order valence-corrected chi connectivity index (χ2v) is 15.5. The summed E-state index contributed by atoms with van der Waals surface area (Å²) in [6, 6.07) is 7.74. The van der Waals surface area contributed by atoms with E-state index in [4.69, 9.17) is 21.3 Å². The van der Waals surface area contributed by atoms with Crippen LogP contribution in [0.1, 0.15) is 112 Å². The van der Waals surface area contributed by atoms with Crippen LogP contribution in [-0.2, 0) is 11.2 Å². The molecule has 3 aliphatic rings. The molecule has 5 atom stereocenters. The second-order valence-electron chi connectivity index (χ2n) is 15.5. The maximum Gasteiger partial charge on any atom is 0.201 e. The van der Waals surface area contributed by atoms with E-state index in [0.29, 0.717) is 83.9 Å². The summed E-state index contributed by atoms with van der Waals surface area (Å²) in [5, 5.41) is 17.3. The maximum atomic E-state index is 15.0. The highest BCUT2D eigenvalue weighted by molar-refractivity contribution is 6.72. The van der Waals surface area contributed by atoms with Crippen LogP contribution in [-0.4, -0.2) is 47.6 Å². The minimum atomic E-state index is -1.09. The largest absolute Gasteiger partial charge is 0.494 e. The highest BCUT2D eigenvalue weighted by atomic mass is 19.2. The van der Waals surface area contributed by atoms with Crippen LogP contribution in [0.4, 0.5) is 8.78 Å². The molecule has 2 aromatic rings. The Morgan fingerprint density at radius 3 is 2.59 bits per heavy atom. The first-order valence-corrected chi connectivity index (χ1v) is 19.8. The van der Waals surface area contributed by atoms with Crippen LogP contribution in [0.5, 0.6) is 5.75 Å². The lowest BCUT2D eigenvalue weighted by Crippen LogP contribution is -2.34. The van der Waals surface area contributed by atoms with E-state index in [0.717, 1.165) is 44.1 Å². The number of aryl methyl sites for hydroxylation is 1. The van der Waals surface area contributed by atoms with Gasteiger partial charge in [0.1, 0.15) is 11.5 Å². The van der Waals surface area contributed by atoms with Crippen LogP contribution in [0.15, 0.2) is 83.6 Å². The Bertz CT molecular complexity index is 2010. The number of nitrogens with one attached hydrogen (secondary N) is 2. The predicted octanol–water partition coefficient (Wildman–Crippen LogP) is 10.00. The Hall–Kier alpha value is -4.96. The molecule has 4 N–H and O–H groups in total. The van der Waals surface area contributed by atoms with Crippen molar-refractivity contribution in [1.82, 2.24) is 0 Å². The molecular weight excluding hydrogens is 709 g/mol. The second kappa shape index (κ2) is 19.3. The smallest absolute Gasteiger partial charge is 0.201 e. The van der Waals surface area contributed by atoms with Crippen LogP contribution in [0.3, 0.4) is 0 Å². The fourth-order valence-corrected chi connectivity index (χ4v) is 8.12. The summed E-state index contributed by atoms with van der Waals surface area (Å²) in [5.41, 5.74) is 10.9. The van der Waals surface area contributed by atoms with Crippen molar-refractivity contribution in [1.29, 1.82) is 10.8 Å². The first-order chi connectivity index (χ1) is 26.9. The molecule has 0 aromatic heterocycles. The number of fused-ring (bicyclic) bond motifs is 1. The lowest BCUT2D eigenvalue weighted by Gasteiger charge is -2.29. The van der Waals surface area contributed by atoms with Gasteiger partial charge in [-0.25, -0.2) is 4.39 Å². The number of allylic oxidation sites excluding steroid dienone is 4. The van der Waals surface area contributed by atoms with Crippen molar-refractivity contribution in [2.75, 3.05) is 7.11 Å². The van der Waals surface area contributed by atoms with E-state index in [2.05, 4.69) is 23.1 Å². The van der Waals surface area contributed by atoms with Crippen LogP contribution in [0, 0.1) is 46.1 Å². The van der Waals surface area contributed by atoms with Gasteiger partial charge in [0.25, 0.3) is 0 Å². The van der Waals surface area contributed by atoms with Crippen molar-refractivity contribution >= 4 is 40.0 Å². The summed E-state index contributed by atoms with van der Waals surface area (Å²) in [7, 11) is 1.27. The van der Waals surface area contributed by atoms with Crippen LogP contribution < -0.4 is 10.5 Å². The molecule has 1 aliphatic carbocycles. The molecule has 8 nitrogen and oxygen atoms in total. The number of nitrogens with two attached hydrogens (primary N) is 1. The van der Waals surface area contributed by atoms with Gasteiger partial charge in [-0.15, -0.1) is 6.58 Å². The number of hydrogen-bond acceptors (Lipinski definition) is 8. The Morgan fingerprint density at radius 2 is 1.86 bits per heavy atom. The molecule has 0 amide bonds. The number of methoxy groups -OCH3 is 1. The van der Waals surface area contributed by atoms with E-state index >= 15 is 4.39 Å². The highest BCUT2D eigenvalue weighted by Gasteiger charge is 2.33. The van der Waals surface area contributed by atoms with Gasteiger partial charge in [-0.1, -0.05) is 64.0 Å². The van der Waals surface area contributed by atoms with Crippen LogP contribution in [0.25, 0.3) is 5.57 Å². The number of Topliss-reactive ketones (excluding diaryl/α,β-unsaturated/α-hetero) is 2. The van der Waals surface area contributed by atoms with Gasteiger partial charge in [-0.3, -0.25) is 25.0 Å². The maximum absolute atomic E-state index is 15.0. The zero-order chi connectivity index (χ0) is 40.5. The third kappa shape index (κ3) is 9.88. The summed E-state index contributed by atoms with van der Waals surface area (Å²) < 4.78 is 34.5. The average molecular weight is 764 g/mol. The van der Waals surface area contributed by atoms with Crippen molar-refractivity contribution < 1.29 is 23.1 Å². The predicted molar refractivity (Wildman–Crippen MR) is 222 cm³/mol. The van der Waals surface area contributed by atoms with E-state index in [-0.39, 0.29) is 40.4 Å². The quantitative estimate of drug-likeness (QED) is 0.0744. The lowest BCUT2D eigenvalue weighted by molar-refractivity contribution is -0.121. The topological polar surface area (TPSA) is 142 Å². The molecule has 1 saturated carbocycles. The van der Waals surface area contributed by atoms with Gasteiger partial charge in [0.15, 0.2) is 17.3 Å². The van der Waals surface area contributed by atoms with Gasteiger partial charge in [-0.2, -0.15) is 4.39 Å². The zero-order valence-electron chi connectivity index (χ0n) is 32.9. The lowest BCUT2D eigenvalue weighted by atomic mass is 9.76. The van der Waals surface area contributed by atoms with Crippen LogP contribution >= 0.6 is 0 Å².